The molecule has 7 atom stereocenters. The number of aliphatic hydroxyl groups is 3. The maximum atomic E-state index is 13.0. The van der Waals surface area contributed by atoms with Gasteiger partial charge in [0.15, 0.2) is 0 Å². The van der Waals surface area contributed by atoms with E-state index in [0.29, 0.717) is 23.5 Å². The number of epoxide rings is 1. The van der Waals surface area contributed by atoms with Gasteiger partial charge in [-0.15, -0.1) is 11.3 Å². The summed E-state index contributed by atoms with van der Waals surface area (Å²) < 4.78 is 5.98. The van der Waals surface area contributed by atoms with E-state index in [4.69, 9.17) is 15.4 Å². The number of thiazole rings is 1. The average Bonchev–Trinajstić information content (AvgIpc) is 3.28. The van der Waals surface area contributed by atoms with Crippen LogP contribution in [-0.2, 0) is 20.9 Å². The quantitative estimate of drug-likeness (QED) is 0.0917. The molecule has 0 aliphatic carbocycles. The van der Waals surface area contributed by atoms with Gasteiger partial charge in [0.05, 0.1) is 54.1 Å². The van der Waals surface area contributed by atoms with Crippen molar-refractivity contribution in [3.63, 3.8) is 0 Å². The van der Waals surface area contributed by atoms with Crippen molar-refractivity contribution in [2.45, 2.75) is 110 Å². The first-order chi connectivity index (χ1) is 18.2. The van der Waals surface area contributed by atoms with Crippen LogP contribution >= 0.6 is 11.3 Å². The highest BCUT2D eigenvalue weighted by Gasteiger charge is 2.52. The topological polar surface area (TPSA) is 189 Å². The summed E-state index contributed by atoms with van der Waals surface area (Å²) in [5.41, 5.74) is 8.97. The number of carbonyl (C=O) groups is 2. The van der Waals surface area contributed by atoms with Crippen LogP contribution in [0.1, 0.15) is 84.3 Å². The lowest BCUT2D eigenvalue weighted by Gasteiger charge is -2.34. The fraction of sp³-hybridized carbons (Fsp3) is 0.741. The van der Waals surface area contributed by atoms with Gasteiger partial charge < -0.3 is 25.2 Å². The summed E-state index contributed by atoms with van der Waals surface area (Å²) in [4.78, 5) is 31.2. The third-order valence-corrected chi connectivity index (χ3v) is 8.80. The number of nitrogens with zero attached hydrogens (tertiary/aromatic N) is 4. The van der Waals surface area contributed by atoms with Gasteiger partial charge in [-0.25, -0.2) is 4.98 Å². The molecular weight excluding hydrogens is 524 g/mol. The molecule has 1 aromatic rings. The molecule has 2 unspecified atom stereocenters. The van der Waals surface area contributed by atoms with Crippen LogP contribution in [0.5, 0.6) is 0 Å². The van der Waals surface area contributed by atoms with Gasteiger partial charge in [0.2, 0.25) is 0 Å². The highest BCUT2D eigenvalue weighted by Crippen LogP contribution is 2.45. The number of carboxylic acid groups (broad SMARTS) is 1. The molecular formula is C27H42N4O7S. The fourth-order valence-corrected chi connectivity index (χ4v) is 5.57. The fourth-order valence-electron chi connectivity index (χ4n) is 4.96. The van der Waals surface area contributed by atoms with Crippen molar-refractivity contribution in [3.05, 3.63) is 32.1 Å². The molecule has 2 heterocycles. The molecule has 0 aromatic carbocycles. The molecule has 39 heavy (non-hydrogen) atoms. The number of rotatable bonds is 17. The van der Waals surface area contributed by atoms with E-state index >= 15 is 0 Å². The molecule has 0 spiro atoms. The van der Waals surface area contributed by atoms with E-state index in [1.807, 2.05) is 32.2 Å². The van der Waals surface area contributed by atoms with Crippen molar-refractivity contribution in [3.8, 4) is 0 Å². The number of aromatic nitrogens is 1. The van der Waals surface area contributed by atoms with Gasteiger partial charge in [-0.05, 0) is 50.6 Å². The molecule has 1 aliphatic heterocycles. The Morgan fingerprint density at radius 1 is 1.36 bits per heavy atom. The van der Waals surface area contributed by atoms with E-state index in [2.05, 4.69) is 15.0 Å². The Morgan fingerprint density at radius 2 is 2.03 bits per heavy atom. The second-order valence-corrected chi connectivity index (χ2v) is 12.4. The monoisotopic (exact) mass is 566 g/mol. The molecule has 1 fully saturated rings. The molecule has 0 radical (unpaired) electrons. The normalized spacial score (nSPS) is 23.3. The predicted molar refractivity (Wildman–Crippen MR) is 148 cm³/mol. The number of ether oxygens (including phenoxy) is 1. The van der Waals surface area contributed by atoms with Gasteiger partial charge in [0.1, 0.15) is 10.8 Å². The van der Waals surface area contributed by atoms with E-state index in [0.717, 1.165) is 18.4 Å². The largest absolute Gasteiger partial charge is 0.481 e. The zero-order chi connectivity index (χ0) is 29.5. The zero-order valence-corrected chi connectivity index (χ0v) is 24.4. The number of aliphatic carboxylic acids is 1. The van der Waals surface area contributed by atoms with Crippen LogP contribution in [-0.4, -0.2) is 67.1 Å². The molecule has 0 bridgehead atoms. The van der Waals surface area contributed by atoms with Crippen LogP contribution in [0.15, 0.2) is 16.1 Å². The van der Waals surface area contributed by atoms with Crippen molar-refractivity contribution in [2.24, 2.45) is 22.4 Å². The molecule has 12 heteroatoms. The number of carbonyl (C=O) groups excluding carboxylic acids is 1. The first-order valence-corrected chi connectivity index (χ1v) is 14.1. The second kappa shape index (κ2) is 13.8. The lowest BCUT2D eigenvalue weighted by Crippen LogP contribution is -2.45. The molecule has 0 saturated carbocycles. The number of aliphatic hydroxyl groups excluding tert-OH is 3. The summed E-state index contributed by atoms with van der Waals surface area (Å²) in [5.74, 6) is -2.51. The predicted octanol–water partition coefficient (Wildman–Crippen LogP) is 4.50. The summed E-state index contributed by atoms with van der Waals surface area (Å²) in [5, 5.41) is 45.6. The number of hydrogen-bond donors (Lipinski definition) is 4. The van der Waals surface area contributed by atoms with E-state index < -0.39 is 42.0 Å². The Hall–Kier alpha value is -2.34. The second-order valence-electron chi connectivity index (χ2n) is 11.4. The van der Waals surface area contributed by atoms with Crippen molar-refractivity contribution < 1.29 is 34.8 Å². The van der Waals surface area contributed by atoms with Gasteiger partial charge in [-0.1, -0.05) is 44.8 Å². The van der Waals surface area contributed by atoms with Crippen LogP contribution in [0.3, 0.4) is 0 Å². The Labute approximate surface area is 233 Å². The van der Waals surface area contributed by atoms with Crippen molar-refractivity contribution in [1.82, 2.24) is 4.98 Å². The molecule has 11 nitrogen and oxygen atoms in total. The molecule has 1 aliphatic rings. The standard InChI is InChI=1S/C27H42N4O7S/c1-15(24(36)17(3)25(37)26(4,5)20(33)12-23(34)35)8-7-9-27(6)21(38-27)11-19(30-31-28)16(2)10-18-14-39-22(13-32)29-18/h10,14-15,17,19-21,24,32-33,36H,7-9,11-13H2,1-6H3,(H,34,35)/b16-10+/t15-,17+,19?,20-,21?,24-,27+/m0/s1. The van der Waals surface area contributed by atoms with Gasteiger partial charge in [0, 0.05) is 16.2 Å². The van der Waals surface area contributed by atoms with E-state index in [-0.39, 0.29) is 30.0 Å². The number of carboxylic acids is 1. The Balaban J connectivity index is 1.89. The Bertz CT molecular complexity index is 1080. The number of Topliss-reactive ketones (excluding diaryl/α,β-unsaturated/α-hetero) is 1. The maximum Gasteiger partial charge on any atom is 0.306 e. The summed E-state index contributed by atoms with van der Waals surface area (Å²) in [7, 11) is 0. The average molecular weight is 567 g/mol. The van der Waals surface area contributed by atoms with Crippen LogP contribution < -0.4 is 0 Å². The summed E-state index contributed by atoms with van der Waals surface area (Å²) >= 11 is 1.36. The minimum atomic E-state index is -1.34. The first-order valence-electron chi connectivity index (χ1n) is 13.2. The van der Waals surface area contributed by atoms with Crippen LogP contribution in [0.4, 0.5) is 0 Å². The molecule has 4 N–H and O–H groups in total. The minimum absolute atomic E-state index is 0.0861. The van der Waals surface area contributed by atoms with Crippen LogP contribution in [0.25, 0.3) is 16.5 Å². The highest BCUT2D eigenvalue weighted by atomic mass is 32.1. The Morgan fingerprint density at radius 3 is 2.59 bits per heavy atom. The van der Waals surface area contributed by atoms with Crippen molar-refractivity contribution >= 4 is 29.2 Å². The minimum Gasteiger partial charge on any atom is -0.481 e. The lowest BCUT2D eigenvalue weighted by atomic mass is 9.73. The molecule has 218 valence electrons. The van der Waals surface area contributed by atoms with Gasteiger partial charge in [0.25, 0.3) is 0 Å². The molecule has 2 rings (SSSR count). The van der Waals surface area contributed by atoms with E-state index in [1.54, 1.807) is 6.92 Å². The van der Waals surface area contributed by atoms with Gasteiger partial charge >= 0.3 is 5.97 Å². The number of azide groups is 1. The number of ketones is 1. The lowest BCUT2D eigenvalue weighted by molar-refractivity contribution is -0.147. The van der Waals surface area contributed by atoms with Crippen LogP contribution in [0.2, 0.25) is 0 Å². The highest BCUT2D eigenvalue weighted by molar-refractivity contribution is 7.09. The molecule has 1 aromatic heterocycles. The SMILES string of the molecule is C/C(=C\c1csc(CO)n1)C(CC1O[C@]1(C)CCC[C@H](C)[C@H](O)[C@@H](C)C(=O)C(C)(C)[C@@H](O)CC(=O)O)N=[N+]=[N-]. The van der Waals surface area contributed by atoms with Crippen molar-refractivity contribution in [1.29, 1.82) is 0 Å². The van der Waals surface area contributed by atoms with Gasteiger partial charge in [-0.3, -0.25) is 9.59 Å². The number of hydrogen-bond acceptors (Lipinski definition) is 9. The van der Waals surface area contributed by atoms with Crippen molar-refractivity contribution in [2.75, 3.05) is 0 Å². The third-order valence-electron chi connectivity index (χ3n) is 7.95. The van der Waals surface area contributed by atoms with Crippen LogP contribution in [0, 0.1) is 17.3 Å². The third kappa shape index (κ3) is 8.83. The maximum absolute atomic E-state index is 13.0. The summed E-state index contributed by atoms with van der Waals surface area (Å²) in [6, 6.07) is -0.395. The smallest absolute Gasteiger partial charge is 0.306 e. The molecule has 1 saturated heterocycles. The summed E-state index contributed by atoms with van der Waals surface area (Å²) in [6.07, 6.45) is 1.61. The van der Waals surface area contributed by atoms with E-state index in [1.165, 1.54) is 25.2 Å². The molecule has 0 amide bonds. The summed E-state index contributed by atoms with van der Waals surface area (Å²) in [6.45, 7) is 10.3. The Kier molecular flexibility index (Phi) is 11.7. The first kappa shape index (κ1) is 32.9. The zero-order valence-electron chi connectivity index (χ0n) is 23.6. The van der Waals surface area contributed by atoms with E-state index in [9.17, 15) is 24.9 Å². The van der Waals surface area contributed by atoms with Gasteiger partial charge in [-0.2, -0.15) is 0 Å².